The van der Waals surface area contributed by atoms with Gasteiger partial charge in [0.05, 0.1) is 6.04 Å². The van der Waals surface area contributed by atoms with Crippen LogP contribution in [0.2, 0.25) is 0 Å². The van der Waals surface area contributed by atoms with E-state index in [2.05, 4.69) is 46.3 Å². The molecule has 0 saturated heterocycles. The molecule has 0 fully saturated rings. The molecule has 310 valence electrons. The third-order valence-electron chi connectivity index (χ3n) is 11.1. The highest BCUT2D eigenvalue weighted by molar-refractivity contribution is 5.95. The number of fused-ring (bicyclic) bond motifs is 2. The lowest BCUT2D eigenvalue weighted by atomic mass is 9.92. The Balaban J connectivity index is 1.01. The summed E-state index contributed by atoms with van der Waals surface area (Å²) in [6.45, 7) is 0.605. The first-order valence-electron chi connectivity index (χ1n) is 20.5. The first kappa shape index (κ1) is 42.0. The van der Waals surface area contributed by atoms with Crippen molar-refractivity contribution in [2.75, 3.05) is 6.54 Å². The molecule has 0 radical (unpaired) electrons. The maximum atomic E-state index is 14.3. The minimum Gasteiger partial charge on any atom is -0.480 e. The first-order chi connectivity index (χ1) is 29.6. The van der Waals surface area contributed by atoms with Gasteiger partial charge in [-0.15, -0.1) is 0 Å². The Morgan fingerprint density at radius 1 is 0.623 bits per heavy atom. The summed E-state index contributed by atoms with van der Waals surface area (Å²) in [7, 11) is 0. The van der Waals surface area contributed by atoms with Crippen molar-refractivity contribution in [2.24, 2.45) is 5.73 Å². The Labute approximate surface area is 355 Å². The van der Waals surface area contributed by atoms with Gasteiger partial charge in [-0.25, -0.2) is 4.79 Å². The van der Waals surface area contributed by atoms with Gasteiger partial charge >= 0.3 is 5.97 Å². The van der Waals surface area contributed by atoms with Crippen LogP contribution in [-0.4, -0.2) is 70.3 Å². The molecule has 4 amide bonds. The molecule has 7 rings (SSSR count). The lowest BCUT2D eigenvalue weighted by molar-refractivity contribution is -0.144. The van der Waals surface area contributed by atoms with E-state index >= 15 is 0 Å². The Morgan fingerprint density at radius 3 is 1.87 bits per heavy atom. The third kappa shape index (κ3) is 10.9. The highest BCUT2D eigenvalue weighted by Gasteiger charge is 2.38. The SMILES string of the molecule is N[C@@H](Cc1ccc(C(=O)NCCc2ccc3ccccc3c2)cc1)C(=O)N1Cc2ccccc2C[C@H]1C(=O)N[C@@H](Cc1ccccc1)C(=O)N[C@@H](Cc1ccccc1)C(=O)O. The zero-order valence-electron chi connectivity index (χ0n) is 33.7. The summed E-state index contributed by atoms with van der Waals surface area (Å²) in [4.78, 5) is 69.2. The molecule has 1 heterocycles. The predicted molar refractivity (Wildman–Crippen MR) is 234 cm³/mol. The van der Waals surface area contributed by atoms with Crippen LogP contribution in [0, 0.1) is 0 Å². The van der Waals surface area contributed by atoms with Crippen molar-refractivity contribution in [3.8, 4) is 0 Å². The number of nitrogens with one attached hydrogen (secondary N) is 3. The van der Waals surface area contributed by atoms with E-state index < -0.39 is 47.9 Å². The number of carbonyl (C=O) groups is 5. The number of carboxylic acid groups (broad SMARTS) is 1. The molecule has 0 unspecified atom stereocenters. The van der Waals surface area contributed by atoms with E-state index in [1.165, 1.54) is 10.3 Å². The van der Waals surface area contributed by atoms with Crippen LogP contribution in [0.1, 0.15) is 43.7 Å². The fraction of sp³-hybridized carbons (Fsp3) is 0.220. The third-order valence-corrected chi connectivity index (χ3v) is 11.1. The number of nitrogens with zero attached hydrogens (tertiary/aromatic N) is 1. The lowest BCUT2D eigenvalue weighted by Gasteiger charge is -2.38. The normalized spacial score (nSPS) is 14.8. The van der Waals surface area contributed by atoms with Crippen LogP contribution >= 0.6 is 0 Å². The molecular weight excluding hydrogens is 767 g/mol. The number of carbonyl (C=O) groups excluding carboxylic acids is 4. The molecule has 11 nitrogen and oxygen atoms in total. The lowest BCUT2D eigenvalue weighted by Crippen LogP contribution is -2.60. The smallest absolute Gasteiger partial charge is 0.326 e. The number of benzene rings is 6. The zero-order valence-corrected chi connectivity index (χ0v) is 33.7. The standard InChI is InChI=1S/C50H49N5O6/c51-42(28-35-20-23-38(24-21-35)46(56)52-26-25-36-19-22-37-15-7-8-16-39(37)27-36)49(59)55-32-41-18-10-9-17-40(41)31-45(55)48(58)53-43(29-33-11-3-1-4-12-33)47(57)54-44(50(60)61)30-34-13-5-2-6-14-34/h1-24,27,42-45H,25-26,28-32,51H2,(H,52,56)(H,53,58)(H,54,57)(H,60,61)/t42-,43-,44-,45-/m0/s1. The van der Waals surface area contributed by atoms with Crippen molar-refractivity contribution in [1.29, 1.82) is 0 Å². The monoisotopic (exact) mass is 815 g/mol. The van der Waals surface area contributed by atoms with Crippen LogP contribution < -0.4 is 21.7 Å². The highest BCUT2D eigenvalue weighted by atomic mass is 16.4. The van der Waals surface area contributed by atoms with Crippen LogP contribution in [0.5, 0.6) is 0 Å². The summed E-state index contributed by atoms with van der Waals surface area (Å²) < 4.78 is 0. The van der Waals surface area contributed by atoms with Crippen LogP contribution in [0.4, 0.5) is 0 Å². The van der Waals surface area contributed by atoms with Gasteiger partial charge in [0.2, 0.25) is 17.7 Å². The molecule has 6 aromatic rings. The van der Waals surface area contributed by atoms with Gasteiger partial charge in [-0.1, -0.05) is 140 Å². The molecule has 0 saturated carbocycles. The van der Waals surface area contributed by atoms with Gasteiger partial charge in [-0.2, -0.15) is 0 Å². The minimum atomic E-state index is -1.24. The number of hydrogen-bond donors (Lipinski definition) is 5. The van der Waals surface area contributed by atoms with Gasteiger partial charge in [-0.05, 0) is 69.1 Å². The molecule has 4 atom stereocenters. The molecule has 1 aliphatic heterocycles. The Bertz CT molecular complexity index is 2490. The van der Waals surface area contributed by atoms with Crippen molar-refractivity contribution >= 4 is 40.4 Å². The number of aliphatic carboxylic acids is 1. The molecule has 0 spiro atoms. The fourth-order valence-corrected chi connectivity index (χ4v) is 7.80. The van der Waals surface area contributed by atoms with Gasteiger partial charge < -0.3 is 31.7 Å². The van der Waals surface area contributed by atoms with E-state index in [-0.39, 0.29) is 38.1 Å². The number of amides is 4. The summed E-state index contributed by atoms with van der Waals surface area (Å²) >= 11 is 0. The first-order valence-corrected chi connectivity index (χ1v) is 20.5. The summed E-state index contributed by atoms with van der Waals surface area (Å²) in [5, 5.41) is 20.9. The number of hydrogen-bond acceptors (Lipinski definition) is 6. The van der Waals surface area contributed by atoms with Crippen LogP contribution in [0.15, 0.2) is 152 Å². The van der Waals surface area contributed by atoms with E-state index in [9.17, 15) is 29.1 Å². The maximum Gasteiger partial charge on any atom is 0.326 e. The molecule has 6 N–H and O–H groups in total. The molecule has 0 aliphatic carbocycles. The van der Waals surface area contributed by atoms with E-state index in [4.69, 9.17) is 5.73 Å². The van der Waals surface area contributed by atoms with Crippen LogP contribution in [0.25, 0.3) is 10.8 Å². The van der Waals surface area contributed by atoms with Gasteiger partial charge in [0, 0.05) is 37.9 Å². The van der Waals surface area contributed by atoms with Gasteiger partial charge in [-0.3, -0.25) is 19.2 Å². The largest absolute Gasteiger partial charge is 0.480 e. The quantitative estimate of drug-likeness (QED) is 0.0897. The van der Waals surface area contributed by atoms with Crippen molar-refractivity contribution < 1.29 is 29.1 Å². The van der Waals surface area contributed by atoms with Crippen molar-refractivity contribution in [3.63, 3.8) is 0 Å². The van der Waals surface area contributed by atoms with Crippen LogP contribution in [-0.2, 0) is 57.8 Å². The predicted octanol–water partition coefficient (Wildman–Crippen LogP) is 5.18. The molecule has 11 heteroatoms. The second kappa shape index (κ2) is 19.8. The summed E-state index contributed by atoms with van der Waals surface area (Å²) in [6, 6.07) is 42.6. The molecule has 6 aromatic carbocycles. The van der Waals surface area contributed by atoms with Crippen molar-refractivity contribution in [1.82, 2.24) is 20.9 Å². The maximum absolute atomic E-state index is 14.3. The molecular formula is C50H49N5O6. The second-order valence-electron chi connectivity index (χ2n) is 15.5. The average Bonchev–Trinajstić information content (AvgIpc) is 3.28. The summed E-state index contributed by atoms with van der Waals surface area (Å²) in [5.74, 6) is -3.07. The van der Waals surface area contributed by atoms with E-state index in [1.807, 2.05) is 72.8 Å². The second-order valence-corrected chi connectivity index (χ2v) is 15.5. The zero-order chi connectivity index (χ0) is 42.7. The molecule has 0 bridgehead atoms. The average molecular weight is 816 g/mol. The Hall–Kier alpha value is -7.11. The van der Waals surface area contributed by atoms with E-state index in [0.29, 0.717) is 18.5 Å². The highest BCUT2D eigenvalue weighted by Crippen LogP contribution is 2.25. The van der Waals surface area contributed by atoms with Crippen LogP contribution in [0.3, 0.4) is 0 Å². The number of nitrogens with two attached hydrogens (primary N) is 1. The molecule has 0 aromatic heterocycles. The topological polar surface area (TPSA) is 171 Å². The van der Waals surface area contributed by atoms with Gasteiger partial charge in [0.15, 0.2) is 0 Å². The minimum absolute atomic E-state index is 0.0517. The number of carboxylic acids is 1. The van der Waals surface area contributed by atoms with Crippen molar-refractivity contribution in [3.05, 3.63) is 191 Å². The molecule has 1 aliphatic rings. The van der Waals surface area contributed by atoms with Gasteiger partial charge in [0.1, 0.15) is 18.1 Å². The van der Waals surface area contributed by atoms with Crippen molar-refractivity contribution in [2.45, 2.75) is 62.8 Å². The Kier molecular flexibility index (Phi) is 13.6. The summed E-state index contributed by atoms with van der Waals surface area (Å²) in [6.07, 6.45) is 1.18. The van der Waals surface area contributed by atoms with E-state index in [0.717, 1.165) is 38.8 Å². The number of rotatable bonds is 16. The van der Waals surface area contributed by atoms with Gasteiger partial charge in [0.25, 0.3) is 5.91 Å². The van der Waals surface area contributed by atoms with E-state index in [1.54, 1.807) is 48.5 Å². The fourth-order valence-electron chi connectivity index (χ4n) is 7.80. The molecule has 61 heavy (non-hydrogen) atoms. The summed E-state index contributed by atoms with van der Waals surface area (Å²) in [5.41, 5.74) is 12.2. The Morgan fingerprint density at radius 2 is 1.20 bits per heavy atom.